The van der Waals surface area contributed by atoms with Gasteiger partial charge in [0.25, 0.3) is 0 Å². The predicted molar refractivity (Wildman–Crippen MR) is 184 cm³/mol. The molecule has 51 heavy (non-hydrogen) atoms. The highest BCUT2D eigenvalue weighted by Gasteiger charge is 2.54. The van der Waals surface area contributed by atoms with Crippen molar-refractivity contribution in [3.05, 3.63) is 66.5 Å². The molecule has 1 aliphatic rings. The lowest BCUT2D eigenvalue weighted by atomic mass is 9.96. The molecule has 0 spiro atoms. The number of methoxy groups -OCH3 is 1. The van der Waals surface area contributed by atoms with E-state index in [1.54, 1.807) is 54.6 Å². The van der Waals surface area contributed by atoms with Crippen LogP contribution in [0.25, 0.3) is 11.2 Å². The molecule has 5 rings (SSSR count). The Kier molecular flexibility index (Phi) is 11.5. The number of aromatic nitrogens is 4. The number of nitrogen functional groups attached to an aromatic ring is 1. The Morgan fingerprint density at radius 1 is 1.18 bits per heavy atom. The zero-order valence-corrected chi connectivity index (χ0v) is 30.1. The van der Waals surface area contributed by atoms with E-state index < -0.39 is 60.7 Å². The first-order valence-corrected chi connectivity index (χ1v) is 18.9. The SMILES string of the molecule is COc1ccccc1COC(O)C(C)NP(=O)(OCC1OC(n2cnc3c(N(C)NS(C)(=O)=O)nc(N)nc32)[C@](C)(O)[C@@H]1O)Oc1ccccc1. The molecule has 21 heteroatoms. The maximum atomic E-state index is 14.2. The Morgan fingerprint density at radius 3 is 2.55 bits per heavy atom. The van der Waals surface area contributed by atoms with E-state index in [0.717, 1.165) is 11.3 Å². The van der Waals surface area contributed by atoms with E-state index in [1.165, 1.54) is 38.9 Å². The number of nitrogens with zero attached hydrogens (tertiary/aromatic N) is 5. The normalized spacial score (nSPS) is 23.1. The summed E-state index contributed by atoms with van der Waals surface area (Å²) in [6.07, 6.45) is -3.50. The van der Waals surface area contributed by atoms with Crippen molar-refractivity contribution >= 4 is 40.7 Å². The number of imidazole rings is 1. The summed E-state index contributed by atoms with van der Waals surface area (Å²) >= 11 is 0. The second-order valence-electron chi connectivity index (χ2n) is 12.0. The van der Waals surface area contributed by atoms with Crippen molar-refractivity contribution in [2.75, 3.05) is 37.8 Å². The standard InChI is InChI=1S/C30H41N8O11PS/c1-18(27(40)46-15-19-11-9-10-14-21(19)45-4)35-50(42,49-20-12-7-6-8-13-20)47-16-22-24(39)30(2,41)28(48-22)38-17-32-23-25(33-29(31)34-26(23)38)37(3)36-51(5,43)44/h6-14,17-18,22,24,27-28,36,39-41H,15-16H2,1-5H3,(H,35,42)(H2,31,33,34)/t18?,22?,24-,27?,28?,30-,50?/m1/s1. The van der Waals surface area contributed by atoms with Crippen molar-refractivity contribution in [3.63, 3.8) is 0 Å². The van der Waals surface area contributed by atoms with Crippen LogP contribution in [-0.2, 0) is 35.2 Å². The molecule has 2 aromatic carbocycles. The largest absolute Gasteiger partial charge is 0.496 e. The predicted octanol–water partition coefficient (Wildman–Crippen LogP) is 1.04. The van der Waals surface area contributed by atoms with Crippen LogP contribution < -0.4 is 29.9 Å². The first kappa shape index (κ1) is 38.3. The average molecular weight is 753 g/mol. The molecule has 4 aromatic rings. The monoisotopic (exact) mass is 752 g/mol. The topological polar surface area (TPSA) is 255 Å². The van der Waals surface area contributed by atoms with Gasteiger partial charge in [-0.05, 0) is 32.0 Å². The summed E-state index contributed by atoms with van der Waals surface area (Å²) in [5.74, 6) is 0.504. The Bertz CT molecular complexity index is 1970. The van der Waals surface area contributed by atoms with E-state index in [-0.39, 0.29) is 35.3 Å². The lowest BCUT2D eigenvalue weighted by molar-refractivity contribution is -0.122. The minimum atomic E-state index is -4.35. The summed E-state index contributed by atoms with van der Waals surface area (Å²) in [5.41, 5.74) is 4.76. The molecule has 0 saturated carbocycles. The summed E-state index contributed by atoms with van der Waals surface area (Å²) in [6, 6.07) is 14.2. The van der Waals surface area contributed by atoms with Gasteiger partial charge in [-0.2, -0.15) is 9.97 Å². The Labute approximate surface area is 293 Å². The molecule has 7 N–H and O–H groups in total. The fourth-order valence-electron chi connectivity index (χ4n) is 5.33. The molecule has 1 fully saturated rings. The van der Waals surface area contributed by atoms with Crippen molar-refractivity contribution in [2.24, 2.45) is 0 Å². The first-order valence-electron chi connectivity index (χ1n) is 15.5. The Morgan fingerprint density at radius 2 is 1.86 bits per heavy atom. The Hall–Kier alpha value is -3.95. The third kappa shape index (κ3) is 8.93. The van der Waals surface area contributed by atoms with Gasteiger partial charge in [0.1, 0.15) is 29.3 Å². The Balaban J connectivity index is 1.34. The lowest BCUT2D eigenvalue weighted by Crippen LogP contribution is -2.44. The number of nitrogens with one attached hydrogen (secondary N) is 2. The van der Waals surface area contributed by atoms with Gasteiger partial charge >= 0.3 is 7.75 Å². The van der Waals surface area contributed by atoms with Gasteiger partial charge in [0, 0.05) is 12.6 Å². The van der Waals surface area contributed by atoms with E-state index in [4.69, 9.17) is 29.0 Å². The zero-order valence-electron chi connectivity index (χ0n) is 28.4. The number of ether oxygens (including phenoxy) is 3. The summed E-state index contributed by atoms with van der Waals surface area (Å²) in [5, 5.41) is 37.2. The number of para-hydroxylation sites is 2. The number of hydrogen-bond donors (Lipinski definition) is 6. The number of anilines is 2. The number of aliphatic hydroxyl groups is 3. The van der Waals surface area contributed by atoms with Crippen LogP contribution in [-0.4, -0.2) is 100 Å². The molecule has 5 unspecified atom stereocenters. The summed E-state index contributed by atoms with van der Waals surface area (Å²) < 4.78 is 67.7. The molecule has 278 valence electrons. The highest BCUT2D eigenvalue weighted by Crippen LogP contribution is 2.47. The molecule has 0 bridgehead atoms. The summed E-state index contributed by atoms with van der Waals surface area (Å²) in [7, 11) is -5.15. The van der Waals surface area contributed by atoms with Crippen molar-refractivity contribution in [1.82, 2.24) is 29.4 Å². The van der Waals surface area contributed by atoms with Gasteiger partial charge in [-0.15, -0.1) is 4.83 Å². The molecule has 0 amide bonds. The van der Waals surface area contributed by atoms with Crippen molar-refractivity contribution in [2.45, 2.75) is 56.8 Å². The highest BCUT2D eigenvalue weighted by atomic mass is 32.2. The second kappa shape index (κ2) is 15.3. The molecule has 1 aliphatic heterocycles. The van der Waals surface area contributed by atoms with Crippen LogP contribution in [0, 0.1) is 0 Å². The van der Waals surface area contributed by atoms with Crippen LogP contribution in [0.15, 0.2) is 60.9 Å². The summed E-state index contributed by atoms with van der Waals surface area (Å²) in [4.78, 5) is 14.8. The van der Waals surface area contributed by atoms with Gasteiger partial charge in [0.2, 0.25) is 16.0 Å². The molecule has 19 nitrogen and oxygen atoms in total. The molecule has 3 heterocycles. The van der Waals surface area contributed by atoms with Crippen molar-refractivity contribution in [1.29, 1.82) is 0 Å². The number of nitrogens with two attached hydrogens (primary N) is 1. The van der Waals surface area contributed by atoms with Crippen LogP contribution >= 0.6 is 7.75 Å². The molecule has 7 atom stereocenters. The zero-order chi connectivity index (χ0) is 37.1. The fraction of sp³-hybridized carbons (Fsp3) is 0.433. The highest BCUT2D eigenvalue weighted by molar-refractivity contribution is 7.88. The lowest BCUT2D eigenvalue weighted by Gasteiger charge is -2.28. The molecular weight excluding hydrogens is 711 g/mol. The fourth-order valence-corrected chi connectivity index (χ4v) is 7.46. The van der Waals surface area contributed by atoms with E-state index in [9.17, 15) is 28.3 Å². The summed E-state index contributed by atoms with van der Waals surface area (Å²) in [6.45, 7) is 2.23. The molecule has 0 radical (unpaired) electrons. The minimum Gasteiger partial charge on any atom is -0.496 e. The van der Waals surface area contributed by atoms with Gasteiger partial charge in [0.05, 0.1) is 38.9 Å². The quantitative estimate of drug-likeness (QED) is 0.0531. The van der Waals surface area contributed by atoms with Gasteiger partial charge in [-0.1, -0.05) is 36.4 Å². The maximum Gasteiger partial charge on any atom is 0.459 e. The van der Waals surface area contributed by atoms with Gasteiger partial charge in [-0.25, -0.2) is 23.1 Å². The van der Waals surface area contributed by atoms with E-state index in [1.807, 2.05) is 0 Å². The van der Waals surface area contributed by atoms with Gasteiger partial charge in [-0.3, -0.25) is 14.1 Å². The van der Waals surface area contributed by atoms with Crippen LogP contribution in [0.5, 0.6) is 11.5 Å². The van der Waals surface area contributed by atoms with E-state index in [2.05, 4.69) is 24.9 Å². The molecule has 2 aromatic heterocycles. The first-order chi connectivity index (χ1) is 24.0. The maximum absolute atomic E-state index is 14.2. The third-order valence-corrected chi connectivity index (χ3v) is 10.1. The van der Waals surface area contributed by atoms with Gasteiger partial charge < -0.3 is 39.8 Å². The molecule has 1 saturated heterocycles. The number of hydrazine groups is 1. The van der Waals surface area contributed by atoms with Crippen LogP contribution in [0.1, 0.15) is 25.6 Å². The van der Waals surface area contributed by atoms with E-state index >= 15 is 0 Å². The smallest absolute Gasteiger partial charge is 0.459 e. The number of hydrogen-bond acceptors (Lipinski definition) is 16. The number of aliphatic hydroxyl groups excluding tert-OH is 2. The molecular formula is C30H41N8O11PS. The van der Waals surface area contributed by atoms with Crippen molar-refractivity contribution in [3.8, 4) is 11.5 Å². The third-order valence-electron chi connectivity index (χ3n) is 7.82. The van der Waals surface area contributed by atoms with Gasteiger partial charge in [0.15, 0.2) is 29.5 Å². The number of benzene rings is 2. The molecule has 0 aliphatic carbocycles. The number of rotatable bonds is 16. The number of sulfonamides is 1. The minimum absolute atomic E-state index is 0.00742. The average Bonchev–Trinajstić information content (AvgIpc) is 3.58. The number of fused-ring (bicyclic) bond motifs is 1. The van der Waals surface area contributed by atoms with Crippen molar-refractivity contribution < 1.29 is 51.6 Å². The van der Waals surface area contributed by atoms with Crippen LogP contribution in [0.3, 0.4) is 0 Å². The van der Waals surface area contributed by atoms with E-state index in [0.29, 0.717) is 11.3 Å². The van der Waals surface area contributed by atoms with Crippen LogP contribution in [0.2, 0.25) is 0 Å². The van der Waals surface area contributed by atoms with Crippen LogP contribution in [0.4, 0.5) is 11.8 Å². The second-order valence-corrected chi connectivity index (χ2v) is 15.4.